The molecule has 0 saturated heterocycles. The number of benzene rings is 1. The highest BCUT2D eigenvalue weighted by Crippen LogP contribution is 2.27. The second kappa shape index (κ2) is 8.27. The molecule has 0 aromatic heterocycles. The molecule has 1 rings (SSSR count). The number of rotatable bonds is 7. The molecule has 1 aromatic carbocycles. The van der Waals surface area contributed by atoms with E-state index in [1.807, 2.05) is 0 Å². The molecule has 18 heavy (non-hydrogen) atoms. The highest BCUT2D eigenvalue weighted by Gasteiger charge is 2.08. The van der Waals surface area contributed by atoms with Gasteiger partial charge in [-0.25, -0.2) is 0 Å². The Kier molecular flexibility index (Phi) is 6.98. The Morgan fingerprint density at radius 3 is 2.94 bits per heavy atom. The van der Waals surface area contributed by atoms with Crippen molar-refractivity contribution in [2.24, 2.45) is 0 Å². The molecule has 0 aliphatic carbocycles. The van der Waals surface area contributed by atoms with Gasteiger partial charge in [0.1, 0.15) is 5.75 Å². The quantitative estimate of drug-likeness (QED) is 0.775. The van der Waals surface area contributed by atoms with Crippen molar-refractivity contribution in [3.05, 3.63) is 23.2 Å². The maximum absolute atomic E-state index is 11.7. The Morgan fingerprint density at radius 2 is 2.28 bits per heavy atom. The fraction of sp³-hybridized carbons (Fsp3) is 0.462. The van der Waals surface area contributed by atoms with Gasteiger partial charge < -0.3 is 10.1 Å². The summed E-state index contributed by atoms with van der Waals surface area (Å²) in [6.07, 6.45) is 2.29. The molecule has 5 heteroatoms. The smallest absolute Gasteiger partial charge is 0.234 e. The molecule has 100 valence electrons. The SMILES string of the molecule is CCCCSCC(=O)Nc1cc(Cl)ccc1OC. The monoisotopic (exact) mass is 287 g/mol. The molecular weight excluding hydrogens is 270 g/mol. The van der Waals surface area contributed by atoms with Crippen LogP contribution < -0.4 is 10.1 Å². The lowest BCUT2D eigenvalue weighted by Crippen LogP contribution is -2.15. The van der Waals surface area contributed by atoms with Gasteiger partial charge in [0, 0.05) is 5.02 Å². The first kappa shape index (κ1) is 15.2. The summed E-state index contributed by atoms with van der Waals surface area (Å²) in [5.41, 5.74) is 0.617. The maximum atomic E-state index is 11.7. The van der Waals surface area contributed by atoms with E-state index in [0.29, 0.717) is 22.2 Å². The van der Waals surface area contributed by atoms with E-state index in [1.165, 1.54) is 0 Å². The summed E-state index contributed by atoms with van der Waals surface area (Å²) in [5.74, 6) is 2.05. The summed E-state index contributed by atoms with van der Waals surface area (Å²) in [6.45, 7) is 2.14. The van der Waals surface area contributed by atoms with E-state index in [-0.39, 0.29) is 5.91 Å². The van der Waals surface area contributed by atoms with Crippen LogP contribution in [0.4, 0.5) is 5.69 Å². The average molecular weight is 288 g/mol. The molecule has 0 heterocycles. The number of nitrogens with one attached hydrogen (secondary N) is 1. The predicted octanol–water partition coefficient (Wildman–Crippen LogP) is 3.82. The molecule has 0 saturated carbocycles. The van der Waals surface area contributed by atoms with Crippen LogP contribution in [0.2, 0.25) is 5.02 Å². The third kappa shape index (κ3) is 5.19. The van der Waals surface area contributed by atoms with Crippen LogP contribution in [0.3, 0.4) is 0 Å². The predicted molar refractivity (Wildman–Crippen MR) is 78.9 cm³/mol. The summed E-state index contributed by atoms with van der Waals surface area (Å²) in [5, 5.41) is 3.38. The van der Waals surface area contributed by atoms with Gasteiger partial charge in [-0.15, -0.1) is 0 Å². The second-order valence-electron chi connectivity index (χ2n) is 3.80. The first-order valence-corrected chi connectivity index (χ1v) is 7.41. The zero-order valence-corrected chi connectivity index (χ0v) is 12.2. The van der Waals surface area contributed by atoms with E-state index < -0.39 is 0 Å². The van der Waals surface area contributed by atoms with E-state index in [0.717, 1.165) is 18.6 Å². The third-order valence-electron chi connectivity index (χ3n) is 2.31. The Bertz CT molecular complexity index is 399. The fourth-order valence-electron chi connectivity index (χ4n) is 1.38. The number of unbranched alkanes of at least 4 members (excludes halogenated alkanes) is 1. The van der Waals surface area contributed by atoms with Crippen LogP contribution in [0, 0.1) is 0 Å². The van der Waals surface area contributed by atoms with E-state index in [2.05, 4.69) is 12.2 Å². The first-order chi connectivity index (χ1) is 8.67. The van der Waals surface area contributed by atoms with Gasteiger partial charge in [-0.2, -0.15) is 11.8 Å². The largest absolute Gasteiger partial charge is 0.495 e. The number of hydrogen-bond donors (Lipinski definition) is 1. The molecular formula is C13H18ClNO2S. The van der Waals surface area contributed by atoms with Crippen LogP contribution in [0.15, 0.2) is 18.2 Å². The number of anilines is 1. The van der Waals surface area contributed by atoms with Crippen molar-refractivity contribution in [1.29, 1.82) is 0 Å². The summed E-state index contributed by atoms with van der Waals surface area (Å²) in [7, 11) is 1.56. The number of carbonyl (C=O) groups is 1. The Morgan fingerprint density at radius 1 is 1.50 bits per heavy atom. The summed E-state index contributed by atoms with van der Waals surface area (Å²) in [6, 6.07) is 5.16. The molecule has 1 N–H and O–H groups in total. The topological polar surface area (TPSA) is 38.3 Å². The van der Waals surface area contributed by atoms with Crippen LogP contribution in [0.1, 0.15) is 19.8 Å². The van der Waals surface area contributed by atoms with Gasteiger partial charge in [-0.1, -0.05) is 24.9 Å². The molecule has 1 aromatic rings. The van der Waals surface area contributed by atoms with Gasteiger partial charge >= 0.3 is 0 Å². The summed E-state index contributed by atoms with van der Waals surface area (Å²) in [4.78, 5) is 11.7. The fourth-order valence-corrected chi connectivity index (χ4v) is 2.44. The van der Waals surface area contributed by atoms with Crippen LogP contribution in [-0.2, 0) is 4.79 Å². The van der Waals surface area contributed by atoms with E-state index >= 15 is 0 Å². The normalized spacial score (nSPS) is 10.2. The average Bonchev–Trinajstić information content (AvgIpc) is 2.35. The molecule has 3 nitrogen and oxygen atoms in total. The molecule has 0 radical (unpaired) electrons. The van der Waals surface area contributed by atoms with Crippen LogP contribution in [0.25, 0.3) is 0 Å². The van der Waals surface area contributed by atoms with Crippen molar-refractivity contribution >= 4 is 35.0 Å². The molecule has 0 unspecified atom stereocenters. The minimum Gasteiger partial charge on any atom is -0.495 e. The zero-order valence-electron chi connectivity index (χ0n) is 10.7. The molecule has 0 aliphatic heterocycles. The molecule has 1 amide bonds. The molecule has 0 spiro atoms. The van der Waals surface area contributed by atoms with Crippen LogP contribution in [-0.4, -0.2) is 24.5 Å². The number of thioether (sulfide) groups is 1. The third-order valence-corrected chi connectivity index (χ3v) is 3.59. The lowest BCUT2D eigenvalue weighted by Gasteiger charge is -2.10. The summed E-state index contributed by atoms with van der Waals surface area (Å²) >= 11 is 7.53. The van der Waals surface area contributed by atoms with Gasteiger partial charge in [0.25, 0.3) is 0 Å². The highest BCUT2D eigenvalue weighted by atomic mass is 35.5. The lowest BCUT2D eigenvalue weighted by atomic mass is 10.3. The van der Waals surface area contributed by atoms with Crippen molar-refractivity contribution in [2.75, 3.05) is 23.9 Å². The number of ether oxygens (including phenoxy) is 1. The van der Waals surface area contributed by atoms with Crippen molar-refractivity contribution in [3.8, 4) is 5.75 Å². The van der Waals surface area contributed by atoms with Crippen LogP contribution >= 0.6 is 23.4 Å². The number of halogens is 1. The second-order valence-corrected chi connectivity index (χ2v) is 5.34. The van der Waals surface area contributed by atoms with Crippen LogP contribution in [0.5, 0.6) is 5.75 Å². The highest BCUT2D eigenvalue weighted by molar-refractivity contribution is 7.99. The zero-order chi connectivity index (χ0) is 13.4. The molecule has 0 atom stereocenters. The summed E-state index contributed by atoms with van der Waals surface area (Å²) < 4.78 is 5.16. The minimum atomic E-state index is -0.0309. The van der Waals surface area contributed by atoms with Gasteiger partial charge in [-0.3, -0.25) is 4.79 Å². The lowest BCUT2D eigenvalue weighted by molar-refractivity contribution is -0.113. The van der Waals surface area contributed by atoms with E-state index in [9.17, 15) is 4.79 Å². The van der Waals surface area contributed by atoms with Gasteiger partial charge in [0.05, 0.1) is 18.6 Å². The van der Waals surface area contributed by atoms with Crippen molar-refractivity contribution in [1.82, 2.24) is 0 Å². The number of methoxy groups -OCH3 is 1. The van der Waals surface area contributed by atoms with Gasteiger partial charge in [-0.05, 0) is 30.4 Å². The Balaban J connectivity index is 2.50. The molecule has 0 aliphatic rings. The van der Waals surface area contributed by atoms with E-state index in [4.69, 9.17) is 16.3 Å². The number of hydrogen-bond acceptors (Lipinski definition) is 3. The van der Waals surface area contributed by atoms with Gasteiger partial charge in [0.2, 0.25) is 5.91 Å². The first-order valence-electron chi connectivity index (χ1n) is 5.88. The Labute approximate surface area is 117 Å². The van der Waals surface area contributed by atoms with Crippen molar-refractivity contribution in [2.45, 2.75) is 19.8 Å². The standard InChI is InChI=1S/C13H18ClNO2S/c1-3-4-7-18-9-13(16)15-11-8-10(14)5-6-12(11)17-2/h5-6,8H,3-4,7,9H2,1-2H3,(H,15,16). The Hall–Kier alpha value is -0.870. The number of carbonyl (C=O) groups excluding carboxylic acids is 1. The van der Waals surface area contributed by atoms with E-state index in [1.54, 1.807) is 37.1 Å². The molecule has 0 bridgehead atoms. The van der Waals surface area contributed by atoms with Crippen molar-refractivity contribution < 1.29 is 9.53 Å². The van der Waals surface area contributed by atoms with Crippen molar-refractivity contribution in [3.63, 3.8) is 0 Å². The number of amides is 1. The minimum absolute atomic E-state index is 0.0309. The van der Waals surface area contributed by atoms with Gasteiger partial charge in [0.15, 0.2) is 0 Å². The maximum Gasteiger partial charge on any atom is 0.234 e. The molecule has 0 fully saturated rings.